The molecule has 170 valence electrons. The summed E-state index contributed by atoms with van der Waals surface area (Å²) < 4.78 is 5.07. The lowest BCUT2D eigenvalue weighted by Gasteiger charge is -2.26. The lowest BCUT2D eigenvalue weighted by atomic mass is 9.97. The summed E-state index contributed by atoms with van der Waals surface area (Å²) in [6, 6.07) is 16.6. The largest absolute Gasteiger partial charge is 0.465 e. The van der Waals surface area contributed by atoms with Crippen LogP contribution in [0.15, 0.2) is 54.6 Å². The maximum absolute atomic E-state index is 13.4. The van der Waals surface area contributed by atoms with E-state index >= 15 is 0 Å². The zero-order valence-corrected chi connectivity index (χ0v) is 18.7. The van der Waals surface area contributed by atoms with Crippen molar-refractivity contribution >= 4 is 23.5 Å². The van der Waals surface area contributed by atoms with E-state index in [9.17, 15) is 14.4 Å². The summed E-state index contributed by atoms with van der Waals surface area (Å²) in [5, 5.41) is 6.04. The number of para-hydroxylation sites is 1. The van der Waals surface area contributed by atoms with Crippen molar-refractivity contribution in [1.29, 1.82) is 0 Å². The number of benzene rings is 2. The molecule has 0 bridgehead atoms. The molecule has 7 heteroatoms. The Bertz CT molecular complexity index is 932. The van der Waals surface area contributed by atoms with Crippen molar-refractivity contribution in [2.45, 2.75) is 32.2 Å². The molecule has 0 aromatic heterocycles. The van der Waals surface area contributed by atoms with Crippen molar-refractivity contribution in [2.75, 3.05) is 31.6 Å². The second-order valence-corrected chi connectivity index (χ2v) is 7.90. The number of ether oxygens (including phenoxy) is 1. The highest BCUT2D eigenvalue weighted by molar-refractivity contribution is 6.03. The Labute approximate surface area is 189 Å². The molecule has 1 aliphatic heterocycles. The Morgan fingerprint density at radius 1 is 1.12 bits per heavy atom. The van der Waals surface area contributed by atoms with Gasteiger partial charge < -0.3 is 15.4 Å². The Hall–Kier alpha value is -3.19. The van der Waals surface area contributed by atoms with E-state index < -0.39 is 12.0 Å². The highest BCUT2D eigenvalue weighted by atomic mass is 16.5. The molecule has 1 aliphatic rings. The maximum Gasteiger partial charge on any atom is 0.326 e. The molecular weight excluding hydrogens is 406 g/mol. The number of nitrogens with one attached hydrogen (secondary N) is 2. The van der Waals surface area contributed by atoms with Gasteiger partial charge in [0.1, 0.15) is 12.6 Å². The zero-order chi connectivity index (χ0) is 22.9. The molecule has 32 heavy (non-hydrogen) atoms. The van der Waals surface area contributed by atoms with E-state index in [1.807, 2.05) is 54.6 Å². The van der Waals surface area contributed by atoms with Gasteiger partial charge in [-0.15, -0.1) is 0 Å². The topological polar surface area (TPSA) is 87.7 Å². The third kappa shape index (κ3) is 5.95. The molecule has 0 saturated heterocycles. The van der Waals surface area contributed by atoms with E-state index in [1.54, 1.807) is 14.0 Å². The van der Waals surface area contributed by atoms with Gasteiger partial charge in [-0.3, -0.25) is 19.3 Å². The Morgan fingerprint density at radius 3 is 2.56 bits per heavy atom. The number of amides is 2. The second kappa shape index (κ2) is 11.4. The molecule has 2 N–H and O–H groups in total. The number of esters is 1. The monoisotopic (exact) mass is 437 g/mol. The molecule has 2 amide bonds. The third-order valence-corrected chi connectivity index (χ3v) is 5.60. The minimum absolute atomic E-state index is 0.177. The minimum atomic E-state index is -0.709. The van der Waals surface area contributed by atoms with Gasteiger partial charge in [-0.2, -0.15) is 0 Å². The molecule has 0 spiro atoms. The molecule has 3 rings (SSSR count). The number of hydrogen-bond acceptors (Lipinski definition) is 5. The van der Waals surface area contributed by atoms with Gasteiger partial charge in [0.25, 0.3) is 0 Å². The first kappa shape index (κ1) is 23.5. The van der Waals surface area contributed by atoms with Gasteiger partial charge in [-0.1, -0.05) is 48.5 Å². The average Bonchev–Trinajstić information content (AvgIpc) is 2.92. The summed E-state index contributed by atoms with van der Waals surface area (Å²) in [7, 11) is 1.81. The predicted molar refractivity (Wildman–Crippen MR) is 123 cm³/mol. The standard InChI is InChI=1S/C25H31N3O4/c1-3-32-23(29)17-28-22-12-8-7-11-19(22)13-14-21(25(28)31)27-24(30)20(16-26-2)15-18-9-5-4-6-10-18/h4-12,20-21,26H,3,13-17H2,1-2H3,(H,27,30)/t20-,21+/m1/s1. The summed E-state index contributed by atoms with van der Waals surface area (Å²) in [4.78, 5) is 40.2. The first-order chi connectivity index (χ1) is 15.5. The van der Waals surface area contributed by atoms with Crippen LogP contribution in [-0.4, -0.2) is 50.6 Å². The summed E-state index contributed by atoms with van der Waals surface area (Å²) in [5.41, 5.74) is 2.72. The van der Waals surface area contributed by atoms with Gasteiger partial charge in [0.2, 0.25) is 11.8 Å². The van der Waals surface area contributed by atoms with Crippen LogP contribution in [0.5, 0.6) is 0 Å². The molecule has 2 aromatic carbocycles. The molecule has 0 saturated carbocycles. The van der Waals surface area contributed by atoms with Gasteiger partial charge in [0.15, 0.2) is 0 Å². The van der Waals surface area contributed by atoms with Crippen molar-refractivity contribution in [2.24, 2.45) is 5.92 Å². The fourth-order valence-corrected chi connectivity index (χ4v) is 4.04. The highest BCUT2D eigenvalue weighted by Crippen LogP contribution is 2.27. The summed E-state index contributed by atoms with van der Waals surface area (Å²) in [6.07, 6.45) is 1.67. The van der Waals surface area contributed by atoms with Gasteiger partial charge in [-0.05, 0) is 50.4 Å². The average molecular weight is 438 g/mol. The fourth-order valence-electron chi connectivity index (χ4n) is 4.04. The number of fused-ring (bicyclic) bond motifs is 1. The van der Waals surface area contributed by atoms with Crippen LogP contribution in [0.3, 0.4) is 0 Å². The zero-order valence-electron chi connectivity index (χ0n) is 18.7. The van der Waals surface area contributed by atoms with Crippen molar-refractivity contribution in [3.05, 3.63) is 65.7 Å². The minimum Gasteiger partial charge on any atom is -0.465 e. The Morgan fingerprint density at radius 2 is 1.84 bits per heavy atom. The van der Waals surface area contributed by atoms with E-state index in [4.69, 9.17) is 4.74 Å². The summed E-state index contributed by atoms with van der Waals surface area (Å²) in [5.74, 6) is -1.26. The molecule has 0 fully saturated rings. The molecule has 0 radical (unpaired) electrons. The number of carbonyl (C=O) groups is 3. The van der Waals surface area contributed by atoms with E-state index in [0.717, 1.165) is 11.1 Å². The van der Waals surface area contributed by atoms with Crippen LogP contribution >= 0.6 is 0 Å². The lowest BCUT2D eigenvalue weighted by molar-refractivity contribution is -0.142. The van der Waals surface area contributed by atoms with E-state index in [0.29, 0.717) is 31.5 Å². The third-order valence-electron chi connectivity index (χ3n) is 5.60. The second-order valence-electron chi connectivity index (χ2n) is 7.90. The number of anilines is 1. The van der Waals surface area contributed by atoms with E-state index in [-0.39, 0.29) is 30.9 Å². The number of hydrogen-bond donors (Lipinski definition) is 2. The predicted octanol–water partition coefficient (Wildman–Crippen LogP) is 2.09. The molecular formula is C25H31N3O4. The van der Waals surface area contributed by atoms with E-state index in [1.165, 1.54) is 4.90 Å². The van der Waals surface area contributed by atoms with Crippen LogP contribution in [0, 0.1) is 5.92 Å². The van der Waals surface area contributed by atoms with Gasteiger partial charge in [-0.25, -0.2) is 0 Å². The smallest absolute Gasteiger partial charge is 0.326 e. The summed E-state index contributed by atoms with van der Waals surface area (Å²) in [6.45, 7) is 2.29. The van der Waals surface area contributed by atoms with Crippen molar-refractivity contribution in [3.63, 3.8) is 0 Å². The van der Waals surface area contributed by atoms with Crippen LogP contribution < -0.4 is 15.5 Å². The Kier molecular flexibility index (Phi) is 8.39. The number of aryl methyl sites for hydroxylation is 1. The quantitative estimate of drug-likeness (QED) is 0.587. The maximum atomic E-state index is 13.4. The van der Waals surface area contributed by atoms with Crippen LogP contribution in [-0.2, 0) is 32.0 Å². The van der Waals surface area contributed by atoms with Crippen molar-refractivity contribution in [1.82, 2.24) is 10.6 Å². The SMILES string of the molecule is CCOC(=O)CN1C(=O)[C@@H](NC(=O)[C@@H](CNC)Cc2ccccc2)CCc2ccccc21. The first-order valence-corrected chi connectivity index (χ1v) is 11.1. The number of rotatable bonds is 9. The van der Waals surface area contributed by atoms with Crippen LogP contribution in [0.4, 0.5) is 5.69 Å². The fraction of sp³-hybridized carbons (Fsp3) is 0.400. The molecule has 0 aliphatic carbocycles. The van der Waals surface area contributed by atoms with Crippen molar-refractivity contribution < 1.29 is 19.1 Å². The molecule has 7 nitrogen and oxygen atoms in total. The lowest BCUT2D eigenvalue weighted by Crippen LogP contribution is -2.51. The van der Waals surface area contributed by atoms with Gasteiger partial charge in [0.05, 0.1) is 12.5 Å². The number of carbonyl (C=O) groups excluding carboxylic acids is 3. The normalized spacial score (nSPS) is 16.6. The van der Waals surface area contributed by atoms with Crippen LogP contribution in [0.2, 0.25) is 0 Å². The molecule has 0 unspecified atom stereocenters. The van der Waals surface area contributed by atoms with Gasteiger partial charge in [0, 0.05) is 12.2 Å². The molecule has 2 atom stereocenters. The highest BCUT2D eigenvalue weighted by Gasteiger charge is 2.34. The first-order valence-electron chi connectivity index (χ1n) is 11.1. The van der Waals surface area contributed by atoms with Crippen molar-refractivity contribution in [3.8, 4) is 0 Å². The molecule has 2 aromatic rings. The van der Waals surface area contributed by atoms with Gasteiger partial charge >= 0.3 is 5.97 Å². The molecule has 1 heterocycles. The summed E-state index contributed by atoms with van der Waals surface area (Å²) >= 11 is 0. The van der Waals surface area contributed by atoms with Crippen LogP contribution in [0.1, 0.15) is 24.5 Å². The number of nitrogens with zero attached hydrogens (tertiary/aromatic N) is 1. The van der Waals surface area contributed by atoms with E-state index in [2.05, 4.69) is 10.6 Å². The van der Waals surface area contributed by atoms with Crippen LogP contribution in [0.25, 0.3) is 0 Å². The Balaban J connectivity index is 1.78.